The molecule has 1 aromatic heterocycles. The number of aromatic amines is 1. The summed E-state index contributed by atoms with van der Waals surface area (Å²) in [5, 5.41) is 4.01. The number of carbonyl (C=O) groups excluding carboxylic acids is 4. The van der Waals surface area contributed by atoms with Gasteiger partial charge in [-0.3, -0.25) is 24.2 Å². The first kappa shape index (κ1) is 47.5. The maximum Gasteiger partial charge on any atom is 0.224 e. The van der Waals surface area contributed by atoms with Gasteiger partial charge >= 0.3 is 0 Å². The van der Waals surface area contributed by atoms with E-state index in [9.17, 15) is 19.2 Å². The fourth-order valence-electron chi connectivity index (χ4n) is 7.95. The van der Waals surface area contributed by atoms with E-state index in [2.05, 4.69) is 49.9 Å². The van der Waals surface area contributed by atoms with Gasteiger partial charge in [0, 0.05) is 54.7 Å². The van der Waals surface area contributed by atoms with Crippen molar-refractivity contribution >= 4 is 40.2 Å². The summed E-state index contributed by atoms with van der Waals surface area (Å²) < 4.78 is 0. The number of hydrogen-bond acceptors (Lipinski definition) is 5. The normalized spacial score (nSPS) is 13.9. The fourth-order valence-corrected chi connectivity index (χ4v) is 7.95. The first-order valence-electron chi connectivity index (χ1n) is 21.4. The van der Waals surface area contributed by atoms with Gasteiger partial charge in [0.25, 0.3) is 0 Å². The molecule has 2 amide bonds. The molecule has 2 aromatic rings. The molecule has 55 heavy (non-hydrogen) atoms. The molecule has 0 saturated carbocycles. The number of nitrogens with two attached hydrogens (primary N) is 3. The quantitative estimate of drug-likeness (QED) is 0.0290. The molecule has 310 valence electrons. The molecule has 0 aliphatic heterocycles. The number of unbranched alkanes of at least 4 members (excludes halogenated alkanes) is 12. The lowest BCUT2D eigenvalue weighted by Crippen LogP contribution is -2.45. The first-order chi connectivity index (χ1) is 26.2. The zero-order valence-corrected chi connectivity index (χ0v) is 35.1. The standard InChI is InChI=1S/C45H76N6O4/c1-6-7-8-9-10-11-12-13-14-15-16-17-18-22-37(52)29-35(28-36-32-50-39-24-20-19-23-38(36)39)43(55)51-40(25-21-26-49-44(47)48)41(53)30-34(42(46)54)27-33(2)31-45(3,4)5/h19-20,23-24,32-35,40,50H,6-18,21-22,25-31H2,1-5H3,(H2,46,54)(H,51,55)(H4,47,48,49)/t33?,34?,35-,40-/m0/s1. The van der Waals surface area contributed by atoms with Crippen LogP contribution in [0.25, 0.3) is 10.9 Å². The number of hydrogen-bond donors (Lipinski definition) is 5. The summed E-state index contributed by atoms with van der Waals surface area (Å²) in [4.78, 5) is 61.4. The molecule has 10 nitrogen and oxygen atoms in total. The van der Waals surface area contributed by atoms with Crippen molar-refractivity contribution in [1.82, 2.24) is 10.3 Å². The van der Waals surface area contributed by atoms with Crippen molar-refractivity contribution < 1.29 is 19.2 Å². The summed E-state index contributed by atoms with van der Waals surface area (Å²) >= 11 is 0. The van der Waals surface area contributed by atoms with Crippen LogP contribution in [-0.4, -0.2) is 46.9 Å². The van der Waals surface area contributed by atoms with Crippen LogP contribution in [0.4, 0.5) is 0 Å². The first-order valence-corrected chi connectivity index (χ1v) is 21.4. The van der Waals surface area contributed by atoms with E-state index in [1.54, 1.807) is 0 Å². The molecular weight excluding hydrogens is 689 g/mol. The van der Waals surface area contributed by atoms with Crippen molar-refractivity contribution in [1.29, 1.82) is 0 Å². The van der Waals surface area contributed by atoms with E-state index in [4.69, 9.17) is 17.2 Å². The lowest BCUT2D eigenvalue weighted by molar-refractivity contribution is -0.133. The zero-order chi connectivity index (χ0) is 40.6. The number of aliphatic imine (C=N–C) groups is 1. The number of H-pyrrole nitrogens is 1. The number of benzene rings is 1. The van der Waals surface area contributed by atoms with Gasteiger partial charge in [-0.25, -0.2) is 0 Å². The van der Waals surface area contributed by atoms with Gasteiger partial charge in [0.1, 0.15) is 5.78 Å². The van der Waals surface area contributed by atoms with Crippen LogP contribution in [0.5, 0.6) is 0 Å². The second-order valence-corrected chi connectivity index (χ2v) is 17.4. The van der Waals surface area contributed by atoms with Gasteiger partial charge in [-0.1, -0.05) is 130 Å². The number of aromatic nitrogens is 1. The third kappa shape index (κ3) is 20.7. The minimum absolute atomic E-state index is 0.0469. The summed E-state index contributed by atoms with van der Waals surface area (Å²) in [6, 6.07) is 7.02. The molecule has 2 rings (SSSR count). The van der Waals surface area contributed by atoms with Crippen molar-refractivity contribution in [2.24, 2.45) is 45.4 Å². The molecule has 10 heteroatoms. The number of guanidine groups is 1. The monoisotopic (exact) mass is 765 g/mol. The third-order valence-electron chi connectivity index (χ3n) is 10.7. The number of amides is 2. The highest BCUT2D eigenvalue weighted by atomic mass is 16.2. The predicted molar refractivity (Wildman–Crippen MR) is 227 cm³/mol. The van der Waals surface area contributed by atoms with Crippen molar-refractivity contribution in [3.63, 3.8) is 0 Å². The molecule has 0 aliphatic carbocycles. The van der Waals surface area contributed by atoms with E-state index >= 15 is 0 Å². The van der Waals surface area contributed by atoms with Crippen LogP contribution in [0.2, 0.25) is 0 Å². The molecule has 1 heterocycles. The zero-order valence-electron chi connectivity index (χ0n) is 35.1. The Hall–Kier alpha value is -3.69. The van der Waals surface area contributed by atoms with E-state index in [0.29, 0.717) is 32.2 Å². The Morgan fingerprint density at radius 2 is 1.40 bits per heavy atom. The maximum absolute atomic E-state index is 14.2. The van der Waals surface area contributed by atoms with Gasteiger partial charge in [0.05, 0.1) is 6.04 Å². The summed E-state index contributed by atoms with van der Waals surface area (Å²) in [7, 11) is 0. The Morgan fingerprint density at radius 1 is 0.800 bits per heavy atom. The van der Waals surface area contributed by atoms with Gasteiger partial charge in [-0.15, -0.1) is 0 Å². The Bertz CT molecular complexity index is 1460. The number of nitrogens with one attached hydrogen (secondary N) is 2. The number of rotatable bonds is 31. The molecule has 0 spiro atoms. The molecule has 1 aromatic carbocycles. The average molecular weight is 765 g/mol. The number of para-hydroxylation sites is 1. The largest absolute Gasteiger partial charge is 0.370 e. The smallest absolute Gasteiger partial charge is 0.224 e. The van der Waals surface area contributed by atoms with E-state index < -0.39 is 23.8 Å². The number of fused-ring (bicyclic) bond motifs is 1. The highest BCUT2D eigenvalue weighted by molar-refractivity contribution is 5.94. The minimum Gasteiger partial charge on any atom is -0.370 e. The number of carbonyl (C=O) groups is 4. The van der Waals surface area contributed by atoms with Gasteiger partial charge in [0.2, 0.25) is 11.8 Å². The molecule has 4 atom stereocenters. The van der Waals surface area contributed by atoms with E-state index in [1.165, 1.54) is 64.2 Å². The lowest BCUT2D eigenvalue weighted by atomic mass is 9.80. The topological polar surface area (TPSA) is 187 Å². The highest BCUT2D eigenvalue weighted by Gasteiger charge is 2.31. The molecular formula is C45H76N6O4. The number of Topliss-reactive ketones (excluding diaryl/α,β-unsaturated/α-hetero) is 2. The highest BCUT2D eigenvalue weighted by Crippen LogP contribution is 2.30. The number of ketones is 2. The van der Waals surface area contributed by atoms with E-state index in [1.807, 2.05) is 30.5 Å². The number of primary amides is 1. The van der Waals surface area contributed by atoms with Crippen molar-refractivity contribution in [2.75, 3.05) is 6.54 Å². The molecule has 0 radical (unpaired) electrons. The average Bonchev–Trinajstić information content (AvgIpc) is 3.52. The molecule has 0 fully saturated rings. The van der Waals surface area contributed by atoms with Gasteiger partial charge < -0.3 is 27.5 Å². The predicted octanol–water partition coefficient (Wildman–Crippen LogP) is 8.83. The Balaban J connectivity index is 2.09. The van der Waals surface area contributed by atoms with Crippen LogP contribution < -0.4 is 22.5 Å². The van der Waals surface area contributed by atoms with E-state index in [-0.39, 0.29) is 54.0 Å². The van der Waals surface area contributed by atoms with E-state index in [0.717, 1.165) is 42.1 Å². The molecule has 2 unspecified atom stereocenters. The van der Waals surface area contributed by atoms with Crippen molar-refractivity contribution in [3.05, 3.63) is 36.0 Å². The van der Waals surface area contributed by atoms with Crippen molar-refractivity contribution in [3.8, 4) is 0 Å². The number of nitrogens with zero attached hydrogens (tertiary/aromatic N) is 1. The Kier molecular flexibility index (Phi) is 22.6. The summed E-state index contributed by atoms with van der Waals surface area (Å²) in [5.74, 6) is -2.24. The molecule has 0 bridgehead atoms. The summed E-state index contributed by atoms with van der Waals surface area (Å²) in [5.41, 5.74) is 18.9. The Morgan fingerprint density at radius 3 is 1.98 bits per heavy atom. The minimum atomic E-state index is -0.872. The SMILES string of the molecule is CCCCCCCCCCCCCCCC(=O)C[C@H](Cc1c[nH]c2ccccc12)C(=O)N[C@@H](CCCN=C(N)N)C(=O)CC(CC(C)CC(C)(C)C)C(N)=O. The molecule has 8 N–H and O–H groups in total. The third-order valence-corrected chi connectivity index (χ3v) is 10.7. The Labute approximate surface area is 332 Å². The molecule has 0 aliphatic rings. The summed E-state index contributed by atoms with van der Waals surface area (Å²) in [6.45, 7) is 11.1. The second-order valence-electron chi connectivity index (χ2n) is 17.4. The van der Waals surface area contributed by atoms with Crippen LogP contribution in [-0.2, 0) is 25.6 Å². The van der Waals surface area contributed by atoms with Crippen LogP contribution in [0.3, 0.4) is 0 Å². The fraction of sp³-hybridized carbons (Fsp3) is 0.711. The van der Waals surface area contributed by atoms with Crippen LogP contribution >= 0.6 is 0 Å². The van der Waals surface area contributed by atoms with Crippen LogP contribution in [0, 0.1) is 23.2 Å². The van der Waals surface area contributed by atoms with Crippen molar-refractivity contribution in [2.45, 2.75) is 175 Å². The maximum atomic E-state index is 14.2. The second kappa shape index (κ2) is 26.2. The van der Waals surface area contributed by atoms with Gasteiger partial charge in [-0.2, -0.15) is 0 Å². The van der Waals surface area contributed by atoms with Gasteiger partial charge in [-0.05, 0) is 61.5 Å². The van der Waals surface area contributed by atoms with Crippen LogP contribution in [0.15, 0.2) is 35.5 Å². The molecule has 0 saturated heterocycles. The lowest BCUT2D eigenvalue weighted by Gasteiger charge is -2.27. The van der Waals surface area contributed by atoms with Gasteiger partial charge in [0.15, 0.2) is 11.7 Å². The summed E-state index contributed by atoms with van der Waals surface area (Å²) in [6.07, 6.45) is 20.8. The van der Waals surface area contributed by atoms with Crippen LogP contribution in [0.1, 0.15) is 169 Å².